The number of Topliss-reactive ketones (excluding diaryl/α,β-unsaturated/α-hetero) is 1. The number of fused-ring (bicyclic) bond motifs is 5. The monoisotopic (exact) mass is 479 g/mol. The highest BCUT2D eigenvalue weighted by Gasteiger charge is 2.62. The summed E-state index contributed by atoms with van der Waals surface area (Å²) in [4.78, 5) is 29.4. The van der Waals surface area contributed by atoms with Crippen LogP contribution in [-0.2, 0) is 10.3 Å². The molecule has 8 heteroatoms. The summed E-state index contributed by atoms with van der Waals surface area (Å²) in [6.45, 7) is 9.66. The van der Waals surface area contributed by atoms with Crippen molar-refractivity contribution in [3.05, 3.63) is 60.9 Å². The number of allylic oxidation sites excluding steroid dienone is 4. The highest BCUT2D eigenvalue weighted by atomic mass is 16.7. The van der Waals surface area contributed by atoms with E-state index in [-0.39, 0.29) is 27.9 Å². The Hall–Kier alpha value is -2.78. The van der Waals surface area contributed by atoms with Crippen molar-refractivity contribution in [3.63, 3.8) is 0 Å². The van der Waals surface area contributed by atoms with Crippen LogP contribution in [0.4, 0.5) is 0 Å². The summed E-state index contributed by atoms with van der Waals surface area (Å²) in [7, 11) is 0. The van der Waals surface area contributed by atoms with Gasteiger partial charge in [-0.25, -0.2) is 0 Å². The standard InChI is InChI=1S/C27H29NO7/c1-11-9-16-19-12(2)24-21(27(33)25(32)22(30)14(4)34-26(27)35-24)18(29)10-17(19)23(31)20(16)13(3)28(11)15-7-5-6-8-15/h9-10,14-15,22,25-26,30,32-33H,2,5-8H2,1,3-4H3. The summed E-state index contributed by atoms with van der Waals surface area (Å²) in [5.74, 6) is -0.292. The maximum Gasteiger partial charge on any atom is 0.236 e. The molecule has 1 saturated carbocycles. The fraction of sp³-hybridized carbons (Fsp3) is 0.481. The number of aliphatic hydroxyl groups excluding tert-OH is 2. The molecule has 5 unspecified atom stereocenters. The van der Waals surface area contributed by atoms with Crippen molar-refractivity contribution < 1.29 is 29.6 Å². The average Bonchev–Trinajstić information content (AvgIpc) is 3.47. The van der Waals surface area contributed by atoms with Crippen molar-refractivity contribution in [1.82, 2.24) is 4.90 Å². The molecule has 35 heavy (non-hydrogen) atoms. The van der Waals surface area contributed by atoms with Gasteiger partial charge in [0.15, 0.2) is 16.8 Å². The van der Waals surface area contributed by atoms with E-state index in [0.29, 0.717) is 22.4 Å². The Morgan fingerprint density at radius 1 is 1.17 bits per heavy atom. The van der Waals surface area contributed by atoms with E-state index >= 15 is 0 Å². The first kappa shape index (κ1) is 22.7. The van der Waals surface area contributed by atoms with Crippen molar-refractivity contribution >= 4 is 17.9 Å². The number of aliphatic hydroxyl groups is 3. The lowest BCUT2D eigenvalue weighted by Gasteiger charge is -2.42. The first-order chi connectivity index (χ1) is 16.6. The number of rotatable bonds is 1. The molecule has 3 aliphatic heterocycles. The Labute approximate surface area is 202 Å². The average molecular weight is 480 g/mol. The molecule has 2 aliphatic carbocycles. The number of hydrogen-bond donors (Lipinski definition) is 3. The predicted molar refractivity (Wildman–Crippen MR) is 127 cm³/mol. The molecule has 6 rings (SSSR count). The van der Waals surface area contributed by atoms with Crippen LogP contribution >= 0.6 is 0 Å². The second-order valence-electron chi connectivity index (χ2n) is 10.3. The van der Waals surface area contributed by atoms with Crippen LogP contribution in [0.25, 0.3) is 12.2 Å². The molecule has 1 aromatic carbocycles. The quantitative estimate of drug-likeness (QED) is 0.526. The lowest BCUT2D eigenvalue weighted by atomic mass is 9.82. The van der Waals surface area contributed by atoms with Crippen molar-refractivity contribution in [2.24, 2.45) is 0 Å². The molecule has 3 heterocycles. The minimum atomic E-state index is -2.29. The second kappa shape index (κ2) is 7.36. The molecule has 0 amide bonds. The van der Waals surface area contributed by atoms with Crippen molar-refractivity contribution in [2.75, 3.05) is 0 Å². The van der Waals surface area contributed by atoms with Crippen LogP contribution in [-0.4, -0.2) is 56.6 Å². The van der Waals surface area contributed by atoms with Gasteiger partial charge in [0.1, 0.15) is 18.0 Å². The molecule has 3 N–H and O–H groups in total. The van der Waals surface area contributed by atoms with Crippen LogP contribution in [0.5, 0.6) is 5.75 Å². The summed E-state index contributed by atoms with van der Waals surface area (Å²) in [6.07, 6.45) is 1.05. The van der Waals surface area contributed by atoms with E-state index in [0.717, 1.165) is 37.1 Å². The molecule has 1 saturated heterocycles. The fourth-order valence-electron chi connectivity index (χ4n) is 6.61. The summed E-state index contributed by atoms with van der Waals surface area (Å²) in [6, 6.07) is 1.54. The Balaban J connectivity index is 1.63. The highest BCUT2D eigenvalue weighted by molar-refractivity contribution is 6.23. The SMILES string of the molecule is C=c1c2c(c(=O)cc3c1=C1C=C(C)N(C4CCCC4)C(C)=C1C3=O)C1(O)C(O2)OC(C)C(O)C1O. The first-order valence-electron chi connectivity index (χ1n) is 12.2. The number of ether oxygens (including phenoxy) is 2. The normalized spacial score (nSPS) is 33.9. The predicted octanol–water partition coefficient (Wildman–Crippen LogP) is 0.287. The van der Waals surface area contributed by atoms with Gasteiger partial charge in [-0.2, -0.15) is 0 Å². The van der Waals surface area contributed by atoms with E-state index in [1.165, 1.54) is 6.07 Å². The number of carbonyl (C=O) groups excluding carboxylic acids is 1. The molecule has 2 fully saturated rings. The Bertz CT molecular complexity index is 1420. The molecule has 0 spiro atoms. The van der Waals surface area contributed by atoms with Gasteiger partial charge in [0.05, 0.1) is 11.7 Å². The molecule has 1 aromatic rings. The largest absolute Gasteiger partial charge is 0.460 e. The molecule has 0 radical (unpaired) electrons. The Kier molecular flexibility index (Phi) is 4.77. The lowest BCUT2D eigenvalue weighted by Crippen LogP contribution is -2.63. The molecule has 0 aromatic heterocycles. The van der Waals surface area contributed by atoms with Gasteiger partial charge in [0.25, 0.3) is 0 Å². The molecule has 5 atom stereocenters. The first-order valence-corrected chi connectivity index (χ1v) is 12.2. The molecular formula is C27H29NO7. The van der Waals surface area contributed by atoms with E-state index in [9.17, 15) is 24.9 Å². The molecule has 5 aliphatic rings. The van der Waals surface area contributed by atoms with Crippen molar-refractivity contribution in [1.29, 1.82) is 0 Å². The number of ketones is 1. The van der Waals surface area contributed by atoms with Crippen LogP contribution < -0.4 is 20.6 Å². The maximum atomic E-state index is 13.7. The zero-order valence-electron chi connectivity index (χ0n) is 20.0. The Morgan fingerprint density at radius 2 is 1.86 bits per heavy atom. The summed E-state index contributed by atoms with van der Waals surface area (Å²) in [5.41, 5.74) is 0.0800. The smallest absolute Gasteiger partial charge is 0.236 e. The second-order valence-corrected chi connectivity index (χ2v) is 10.3. The van der Waals surface area contributed by atoms with Gasteiger partial charge in [-0.15, -0.1) is 0 Å². The highest BCUT2D eigenvalue weighted by Crippen LogP contribution is 2.45. The van der Waals surface area contributed by atoms with E-state index in [4.69, 9.17) is 9.47 Å². The van der Waals surface area contributed by atoms with Crippen LogP contribution in [0.3, 0.4) is 0 Å². The third kappa shape index (κ3) is 2.76. The number of hydrogen-bond acceptors (Lipinski definition) is 8. The van der Waals surface area contributed by atoms with Crippen molar-refractivity contribution in [3.8, 4) is 5.75 Å². The van der Waals surface area contributed by atoms with Crippen LogP contribution in [0, 0.1) is 0 Å². The molecule has 8 nitrogen and oxygen atoms in total. The number of carbonyl (C=O) groups is 1. The van der Waals surface area contributed by atoms with Crippen LogP contribution in [0.2, 0.25) is 0 Å². The van der Waals surface area contributed by atoms with Gasteiger partial charge in [-0.1, -0.05) is 19.4 Å². The maximum absolute atomic E-state index is 13.7. The van der Waals surface area contributed by atoms with Gasteiger partial charge in [0, 0.05) is 39.0 Å². The minimum absolute atomic E-state index is 0.0208. The van der Waals surface area contributed by atoms with Crippen molar-refractivity contribution in [2.45, 2.75) is 82.7 Å². The van der Waals surface area contributed by atoms with E-state index in [1.807, 2.05) is 19.9 Å². The van der Waals surface area contributed by atoms with E-state index in [1.54, 1.807) is 6.92 Å². The van der Waals surface area contributed by atoms with E-state index < -0.39 is 35.6 Å². The third-order valence-electron chi connectivity index (χ3n) is 8.33. The van der Waals surface area contributed by atoms with Gasteiger partial charge in [0.2, 0.25) is 6.29 Å². The third-order valence-corrected chi connectivity index (χ3v) is 8.33. The zero-order chi connectivity index (χ0) is 25.0. The summed E-state index contributed by atoms with van der Waals surface area (Å²) in [5, 5.41) is 33.3. The Morgan fingerprint density at radius 3 is 2.54 bits per heavy atom. The molecule has 184 valence electrons. The zero-order valence-corrected chi connectivity index (χ0v) is 20.0. The van der Waals surface area contributed by atoms with Crippen LogP contribution in [0.15, 0.2) is 33.9 Å². The molecular weight excluding hydrogens is 450 g/mol. The van der Waals surface area contributed by atoms with Gasteiger partial charge in [-0.3, -0.25) is 9.59 Å². The molecule has 0 bridgehead atoms. The summed E-state index contributed by atoms with van der Waals surface area (Å²) >= 11 is 0. The minimum Gasteiger partial charge on any atom is -0.460 e. The van der Waals surface area contributed by atoms with E-state index in [2.05, 4.69) is 11.5 Å². The van der Waals surface area contributed by atoms with Gasteiger partial charge >= 0.3 is 0 Å². The number of nitrogens with zero attached hydrogens (tertiary/aromatic N) is 1. The van der Waals surface area contributed by atoms with Gasteiger partial charge in [-0.05, 0) is 51.3 Å². The topological polar surface area (TPSA) is 117 Å². The fourth-order valence-corrected chi connectivity index (χ4v) is 6.61. The van der Waals surface area contributed by atoms with Gasteiger partial charge < -0.3 is 29.7 Å². The van der Waals surface area contributed by atoms with Crippen LogP contribution in [0.1, 0.15) is 62.4 Å². The lowest BCUT2D eigenvalue weighted by molar-refractivity contribution is -0.307. The summed E-state index contributed by atoms with van der Waals surface area (Å²) < 4.78 is 11.5.